The van der Waals surface area contributed by atoms with Crippen molar-refractivity contribution in [1.82, 2.24) is 20.3 Å². The first-order chi connectivity index (χ1) is 8.70. The van der Waals surface area contributed by atoms with Gasteiger partial charge in [-0.3, -0.25) is 4.98 Å². The molecule has 0 saturated heterocycles. The van der Waals surface area contributed by atoms with Crippen LogP contribution in [-0.2, 0) is 6.54 Å². The highest BCUT2D eigenvalue weighted by molar-refractivity contribution is 5.27. The molecule has 0 saturated carbocycles. The summed E-state index contributed by atoms with van der Waals surface area (Å²) < 4.78 is 0. The van der Waals surface area contributed by atoms with E-state index in [2.05, 4.69) is 27.2 Å². The largest absolute Gasteiger partial charge is 0.506 e. The summed E-state index contributed by atoms with van der Waals surface area (Å²) in [5.74, 6) is 1.13. The van der Waals surface area contributed by atoms with E-state index in [9.17, 15) is 5.11 Å². The van der Waals surface area contributed by atoms with Crippen molar-refractivity contribution in [3.63, 3.8) is 0 Å². The van der Waals surface area contributed by atoms with Crippen LogP contribution in [0, 0.1) is 6.92 Å². The van der Waals surface area contributed by atoms with Crippen LogP contribution in [0.2, 0.25) is 0 Å². The number of aryl methyl sites for hydroxylation is 1. The van der Waals surface area contributed by atoms with Crippen molar-refractivity contribution in [2.75, 3.05) is 0 Å². The molecule has 18 heavy (non-hydrogen) atoms. The van der Waals surface area contributed by atoms with E-state index in [1.54, 1.807) is 18.3 Å². The lowest BCUT2D eigenvalue weighted by molar-refractivity contribution is 0.444. The van der Waals surface area contributed by atoms with Gasteiger partial charge in [-0.25, -0.2) is 4.98 Å². The second-order valence-corrected chi connectivity index (χ2v) is 4.23. The summed E-state index contributed by atoms with van der Waals surface area (Å²) in [6.07, 6.45) is 4.46. The van der Waals surface area contributed by atoms with Crippen molar-refractivity contribution in [2.45, 2.75) is 32.9 Å². The Hall–Kier alpha value is -1.88. The Morgan fingerprint density at radius 3 is 2.94 bits per heavy atom. The minimum atomic E-state index is 0.140. The first-order valence-electron chi connectivity index (χ1n) is 6.09. The number of hydrogen-bond acceptors (Lipinski definition) is 4. The van der Waals surface area contributed by atoms with Gasteiger partial charge < -0.3 is 15.4 Å². The fourth-order valence-electron chi connectivity index (χ4n) is 1.86. The third-order valence-electron chi connectivity index (χ3n) is 2.86. The van der Waals surface area contributed by atoms with E-state index in [0.717, 1.165) is 17.9 Å². The highest BCUT2D eigenvalue weighted by Crippen LogP contribution is 2.17. The zero-order valence-corrected chi connectivity index (χ0v) is 10.6. The minimum absolute atomic E-state index is 0.140. The molecule has 0 bridgehead atoms. The number of rotatable bonds is 5. The van der Waals surface area contributed by atoms with Crippen LogP contribution in [0.25, 0.3) is 0 Å². The molecule has 3 N–H and O–H groups in total. The fourth-order valence-corrected chi connectivity index (χ4v) is 1.86. The number of nitrogens with one attached hydrogen (secondary N) is 2. The summed E-state index contributed by atoms with van der Waals surface area (Å²) in [5.41, 5.74) is 1.57. The Bertz CT molecular complexity index is 496. The topological polar surface area (TPSA) is 73.8 Å². The molecule has 2 heterocycles. The summed E-state index contributed by atoms with van der Waals surface area (Å²) in [6.45, 7) is 4.52. The number of hydrogen-bond donors (Lipinski definition) is 3. The SMILES string of the molecule is CCC(NCc1nc(C)ccc1O)c1ncc[nH]1. The zero-order chi connectivity index (χ0) is 13.0. The van der Waals surface area contributed by atoms with Crippen molar-refractivity contribution in [2.24, 2.45) is 0 Å². The predicted molar refractivity (Wildman–Crippen MR) is 69.1 cm³/mol. The molecule has 2 rings (SSSR count). The lowest BCUT2D eigenvalue weighted by Crippen LogP contribution is -2.22. The van der Waals surface area contributed by atoms with Gasteiger partial charge in [0.1, 0.15) is 11.6 Å². The molecule has 2 aromatic heterocycles. The summed E-state index contributed by atoms with van der Waals surface area (Å²) in [7, 11) is 0. The number of imidazole rings is 1. The van der Waals surface area contributed by atoms with Gasteiger partial charge in [0.25, 0.3) is 0 Å². The van der Waals surface area contributed by atoms with Gasteiger partial charge in [-0.2, -0.15) is 0 Å². The maximum atomic E-state index is 9.73. The van der Waals surface area contributed by atoms with Crippen molar-refractivity contribution in [3.8, 4) is 5.75 Å². The van der Waals surface area contributed by atoms with Crippen LogP contribution >= 0.6 is 0 Å². The van der Waals surface area contributed by atoms with Gasteiger partial charge in [-0.15, -0.1) is 0 Å². The fraction of sp³-hybridized carbons (Fsp3) is 0.385. The Morgan fingerprint density at radius 2 is 2.28 bits per heavy atom. The zero-order valence-electron chi connectivity index (χ0n) is 10.6. The Labute approximate surface area is 106 Å². The number of pyridine rings is 1. The molecule has 0 fully saturated rings. The van der Waals surface area contributed by atoms with E-state index in [4.69, 9.17) is 0 Å². The molecule has 0 aliphatic carbocycles. The van der Waals surface area contributed by atoms with Gasteiger partial charge >= 0.3 is 0 Å². The summed E-state index contributed by atoms with van der Waals surface area (Å²) in [6, 6.07) is 3.61. The molecule has 2 aromatic rings. The Morgan fingerprint density at radius 1 is 1.44 bits per heavy atom. The molecule has 0 radical (unpaired) electrons. The van der Waals surface area contributed by atoms with Crippen LogP contribution in [0.5, 0.6) is 5.75 Å². The number of aromatic nitrogens is 3. The van der Waals surface area contributed by atoms with Crippen LogP contribution in [0.4, 0.5) is 0 Å². The van der Waals surface area contributed by atoms with Crippen LogP contribution in [0.1, 0.15) is 36.6 Å². The van der Waals surface area contributed by atoms with E-state index < -0.39 is 0 Å². The molecule has 96 valence electrons. The molecule has 0 aliphatic rings. The van der Waals surface area contributed by atoms with Crippen molar-refractivity contribution in [3.05, 3.63) is 41.7 Å². The first kappa shape index (κ1) is 12.6. The molecule has 0 aliphatic heterocycles. The first-order valence-corrected chi connectivity index (χ1v) is 6.09. The van der Waals surface area contributed by atoms with Gasteiger partial charge in [0, 0.05) is 24.6 Å². The molecule has 1 atom stereocenters. The Balaban J connectivity index is 2.04. The number of H-pyrrole nitrogens is 1. The average molecular weight is 246 g/mol. The van der Waals surface area contributed by atoms with Gasteiger partial charge in [-0.1, -0.05) is 6.92 Å². The van der Waals surface area contributed by atoms with Crippen molar-refractivity contribution >= 4 is 0 Å². The average Bonchev–Trinajstić information content (AvgIpc) is 2.88. The maximum absolute atomic E-state index is 9.73. The minimum Gasteiger partial charge on any atom is -0.506 e. The highest BCUT2D eigenvalue weighted by Gasteiger charge is 2.12. The number of aromatic hydroxyl groups is 1. The third kappa shape index (κ3) is 2.87. The maximum Gasteiger partial charge on any atom is 0.138 e. The van der Waals surface area contributed by atoms with Crippen molar-refractivity contribution < 1.29 is 5.11 Å². The van der Waals surface area contributed by atoms with Gasteiger partial charge in [0.15, 0.2) is 0 Å². The number of aromatic amines is 1. The van der Waals surface area contributed by atoms with E-state index in [0.29, 0.717) is 12.2 Å². The second-order valence-electron chi connectivity index (χ2n) is 4.23. The standard InChI is InChI=1S/C13H18N4O/c1-3-10(13-14-6-7-15-13)16-8-11-12(18)5-4-9(2)17-11/h4-7,10,16,18H,3,8H2,1-2H3,(H,14,15). The van der Waals surface area contributed by atoms with Crippen LogP contribution in [0.15, 0.2) is 24.5 Å². The predicted octanol–water partition coefficient (Wildman–Crippen LogP) is 2.06. The van der Waals surface area contributed by atoms with Crippen molar-refractivity contribution in [1.29, 1.82) is 0 Å². The highest BCUT2D eigenvalue weighted by atomic mass is 16.3. The van der Waals surface area contributed by atoms with Gasteiger partial charge in [0.05, 0.1) is 11.7 Å². The van der Waals surface area contributed by atoms with Gasteiger partial charge in [-0.05, 0) is 25.5 Å². The third-order valence-corrected chi connectivity index (χ3v) is 2.86. The molecule has 0 spiro atoms. The normalized spacial score (nSPS) is 12.6. The second kappa shape index (κ2) is 5.64. The van der Waals surface area contributed by atoms with Crippen LogP contribution in [0.3, 0.4) is 0 Å². The molecule has 5 heteroatoms. The van der Waals surface area contributed by atoms with Crippen LogP contribution in [-0.4, -0.2) is 20.1 Å². The molecule has 0 amide bonds. The molecule has 1 unspecified atom stereocenters. The van der Waals surface area contributed by atoms with E-state index >= 15 is 0 Å². The lowest BCUT2D eigenvalue weighted by Gasteiger charge is -2.15. The van der Waals surface area contributed by atoms with Gasteiger partial charge in [0.2, 0.25) is 0 Å². The molecular weight excluding hydrogens is 228 g/mol. The van der Waals surface area contributed by atoms with E-state index in [1.165, 1.54) is 0 Å². The molecule has 0 aromatic carbocycles. The molecule has 5 nitrogen and oxygen atoms in total. The smallest absolute Gasteiger partial charge is 0.138 e. The van der Waals surface area contributed by atoms with E-state index in [1.807, 2.05) is 13.1 Å². The number of nitrogens with zero attached hydrogens (tertiary/aromatic N) is 2. The summed E-state index contributed by atoms with van der Waals surface area (Å²) in [5, 5.41) is 13.1. The lowest BCUT2D eigenvalue weighted by atomic mass is 10.2. The quantitative estimate of drug-likeness (QED) is 0.755. The Kier molecular flexibility index (Phi) is 3.94. The summed E-state index contributed by atoms with van der Waals surface area (Å²) in [4.78, 5) is 11.6. The van der Waals surface area contributed by atoms with E-state index in [-0.39, 0.29) is 11.8 Å². The monoisotopic (exact) mass is 246 g/mol. The summed E-state index contributed by atoms with van der Waals surface area (Å²) >= 11 is 0. The molecular formula is C13H18N4O. The van der Waals surface area contributed by atoms with Crippen LogP contribution < -0.4 is 5.32 Å².